The molecule has 0 bridgehead atoms. The largest absolute Gasteiger partial charge is 0.417 e. The molecule has 14 heteroatoms. The number of para-hydroxylation sites is 1. The number of hydrogen-bond donors (Lipinski definition) is 2. The van der Waals surface area contributed by atoms with Crippen LogP contribution in [0.25, 0.3) is 16.6 Å². The Bertz CT molecular complexity index is 1580. The van der Waals surface area contributed by atoms with Gasteiger partial charge in [0.15, 0.2) is 0 Å². The van der Waals surface area contributed by atoms with E-state index in [1.54, 1.807) is 18.2 Å². The summed E-state index contributed by atoms with van der Waals surface area (Å²) in [6, 6.07) is 10.2. The van der Waals surface area contributed by atoms with Crippen LogP contribution in [0.3, 0.4) is 0 Å². The fourth-order valence-corrected chi connectivity index (χ4v) is 5.21. The van der Waals surface area contributed by atoms with Crippen LogP contribution < -0.4 is 16.2 Å². The number of aromatic nitrogens is 4. The third-order valence-corrected chi connectivity index (χ3v) is 6.94. The normalized spacial score (nSPS) is 18.1. The predicted molar refractivity (Wildman–Crippen MR) is 132 cm³/mol. The monoisotopic (exact) mass is 596 g/mol. The molecule has 0 radical (unpaired) electrons. The van der Waals surface area contributed by atoms with E-state index < -0.39 is 52.9 Å². The minimum absolute atomic E-state index is 0.00717. The third-order valence-electron chi connectivity index (χ3n) is 6.18. The van der Waals surface area contributed by atoms with E-state index in [-0.39, 0.29) is 40.3 Å². The summed E-state index contributed by atoms with van der Waals surface area (Å²) in [5.74, 6) is -0.528. The van der Waals surface area contributed by atoms with Crippen LogP contribution >= 0.6 is 15.9 Å². The van der Waals surface area contributed by atoms with E-state index in [1.807, 2.05) is 0 Å². The lowest BCUT2D eigenvalue weighted by Gasteiger charge is -2.28. The Labute approximate surface area is 219 Å². The number of nitrogens with two attached hydrogens (primary N) is 1. The molecule has 5 rings (SSSR count). The highest BCUT2D eigenvalue weighted by atomic mass is 79.9. The second-order valence-electron chi connectivity index (χ2n) is 8.61. The number of benzene rings is 2. The van der Waals surface area contributed by atoms with Crippen LogP contribution in [-0.2, 0) is 6.18 Å². The van der Waals surface area contributed by atoms with Crippen molar-refractivity contribution >= 4 is 38.6 Å². The molecule has 2 aromatic heterocycles. The van der Waals surface area contributed by atoms with Crippen LogP contribution in [0.15, 0.2) is 57.8 Å². The second kappa shape index (κ2) is 9.58. The maximum atomic E-state index is 13.8. The first-order valence-electron chi connectivity index (χ1n) is 11.2. The predicted octanol–water partition coefficient (Wildman–Crippen LogP) is 4.79. The maximum Gasteiger partial charge on any atom is 0.417 e. The van der Waals surface area contributed by atoms with Gasteiger partial charge >= 0.3 is 6.18 Å². The third kappa shape index (κ3) is 4.47. The molecular weight excluding hydrogens is 579 g/mol. The van der Waals surface area contributed by atoms with Gasteiger partial charge in [0.05, 0.1) is 38.8 Å². The van der Waals surface area contributed by atoms with Crippen LogP contribution in [0.1, 0.15) is 36.0 Å². The fraction of sp³-hybridized carbons (Fsp3) is 0.250. The molecule has 1 aliphatic heterocycles. The number of anilines is 2. The van der Waals surface area contributed by atoms with Crippen molar-refractivity contribution in [2.45, 2.75) is 31.2 Å². The molecule has 2 aromatic carbocycles. The van der Waals surface area contributed by atoms with Gasteiger partial charge < -0.3 is 15.7 Å². The van der Waals surface area contributed by atoms with Crippen molar-refractivity contribution in [2.24, 2.45) is 0 Å². The van der Waals surface area contributed by atoms with E-state index in [1.165, 1.54) is 23.1 Å². The lowest BCUT2D eigenvalue weighted by molar-refractivity contribution is -0.136. The highest BCUT2D eigenvalue weighted by Gasteiger charge is 2.40. The van der Waals surface area contributed by atoms with Crippen LogP contribution in [0, 0.1) is 0 Å². The first kappa shape index (κ1) is 26.0. The van der Waals surface area contributed by atoms with E-state index in [9.17, 15) is 31.9 Å². The zero-order valence-corrected chi connectivity index (χ0v) is 20.8. The van der Waals surface area contributed by atoms with Gasteiger partial charge in [-0.15, -0.1) is 0 Å². The van der Waals surface area contributed by atoms with Crippen molar-refractivity contribution < 1.29 is 27.1 Å². The molecule has 198 valence electrons. The Morgan fingerprint density at radius 2 is 1.76 bits per heavy atom. The Hall–Kier alpha value is -3.65. The molecule has 38 heavy (non-hydrogen) atoms. The average Bonchev–Trinajstić information content (AvgIpc) is 3.25. The number of fused-ring (bicyclic) bond motifs is 1. The highest BCUT2D eigenvalue weighted by Crippen LogP contribution is 2.42. The minimum Gasteiger partial charge on any atom is -0.391 e. The van der Waals surface area contributed by atoms with Crippen molar-refractivity contribution in [3.05, 3.63) is 80.4 Å². The summed E-state index contributed by atoms with van der Waals surface area (Å²) in [6.45, 7) is -0.103. The highest BCUT2D eigenvalue weighted by molar-refractivity contribution is 9.10. The molecule has 2 atom stereocenters. The molecule has 3 heterocycles. The molecule has 4 aromatic rings. The van der Waals surface area contributed by atoms with Crippen LogP contribution in [0.5, 0.6) is 0 Å². The van der Waals surface area contributed by atoms with Gasteiger partial charge in [0.2, 0.25) is 5.95 Å². The molecule has 1 fully saturated rings. The topological polar surface area (TPSA) is 110 Å². The van der Waals surface area contributed by atoms with Gasteiger partial charge in [0.1, 0.15) is 17.3 Å². The molecular formula is C24H18BrF5N6O2. The Balaban J connectivity index is 1.81. The van der Waals surface area contributed by atoms with Crippen LogP contribution in [0.4, 0.5) is 33.7 Å². The SMILES string of the molecule is Nc1nc(C(F)F)c(Br)c(N2C[C@@H](O)C[C@H]2c2nc3cccc(C(F)(F)F)c3c(=O)n2-c2ccccc2)n1. The lowest BCUT2D eigenvalue weighted by atomic mass is 10.1. The number of hydrogen-bond acceptors (Lipinski definition) is 7. The second-order valence-corrected chi connectivity index (χ2v) is 9.40. The molecule has 1 saturated heterocycles. The van der Waals surface area contributed by atoms with Crippen molar-refractivity contribution in [3.8, 4) is 5.69 Å². The number of aliphatic hydroxyl groups excluding tert-OH is 1. The Morgan fingerprint density at radius 3 is 2.42 bits per heavy atom. The first-order valence-corrected chi connectivity index (χ1v) is 12.0. The quantitative estimate of drug-likeness (QED) is 0.326. The molecule has 0 spiro atoms. The van der Waals surface area contributed by atoms with Gasteiger partial charge in [0.25, 0.3) is 12.0 Å². The van der Waals surface area contributed by atoms with Gasteiger partial charge in [-0.05, 0) is 40.2 Å². The summed E-state index contributed by atoms with van der Waals surface area (Å²) in [4.78, 5) is 27.3. The summed E-state index contributed by atoms with van der Waals surface area (Å²) in [7, 11) is 0. The zero-order chi connectivity index (χ0) is 27.4. The van der Waals surface area contributed by atoms with Gasteiger partial charge in [-0.3, -0.25) is 9.36 Å². The summed E-state index contributed by atoms with van der Waals surface area (Å²) in [6.07, 6.45) is -8.84. The molecule has 0 aliphatic carbocycles. The maximum absolute atomic E-state index is 13.8. The van der Waals surface area contributed by atoms with Gasteiger partial charge in [0, 0.05) is 13.0 Å². The number of β-amino-alcohol motifs (C(OH)–C–C–N with tert-alkyl or cyclic N) is 1. The van der Waals surface area contributed by atoms with Gasteiger partial charge in [-0.1, -0.05) is 24.3 Å². The summed E-state index contributed by atoms with van der Waals surface area (Å²) in [5.41, 5.74) is 2.93. The van der Waals surface area contributed by atoms with Crippen LogP contribution in [0.2, 0.25) is 0 Å². The average molecular weight is 597 g/mol. The first-order chi connectivity index (χ1) is 18.0. The van der Waals surface area contributed by atoms with Crippen molar-refractivity contribution in [1.82, 2.24) is 19.5 Å². The van der Waals surface area contributed by atoms with E-state index >= 15 is 0 Å². The standard InChI is InChI=1S/C24H18BrF5N6O2/c25-17-18(19(26)27)33-23(31)34-21(17)35-10-12(37)9-15(35)20-32-14-8-4-7-13(24(28,29)30)16(14)22(38)36(20)11-5-2-1-3-6-11/h1-8,12,15,19,37H,9-10H2,(H2,31,33,34)/t12-,15-/m0/s1. The number of aliphatic hydroxyl groups is 1. The number of rotatable bonds is 4. The summed E-state index contributed by atoms with van der Waals surface area (Å²) >= 11 is 3.10. The number of nitrogens with zero attached hydrogens (tertiary/aromatic N) is 5. The van der Waals surface area contributed by atoms with Gasteiger partial charge in [-0.2, -0.15) is 18.2 Å². The number of halogens is 6. The molecule has 0 unspecified atom stereocenters. The van der Waals surface area contributed by atoms with Crippen molar-refractivity contribution in [3.63, 3.8) is 0 Å². The zero-order valence-electron chi connectivity index (χ0n) is 19.2. The summed E-state index contributed by atoms with van der Waals surface area (Å²) in [5, 5.41) is 9.96. The molecule has 1 aliphatic rings. The fourth-order valence-electron chi connectivity index (χ4n) is 4.63. The van der Waals surface area contributed by atoms with Crippen molar-refractivity contribution in [2.75, 3.05) is 17.2 Å². The van der Waals surface area contributed by atoms with E-state index in [2.05, 4.69) is 30.9 Å². The van der Waals surface area contributed by atoms with Gasteiger partial charge in [-0.25, -0.2) is 18.7 Å². The molecule has 0 saturated carbocycles. The lowest BCUT2D eigenvalue weighted by Crippen LogP contribution is -2.33. The smallest absolute Gasteiger partial charge is 0.391 e. The van der Waals surface area contributed by atoms with E-state index in [0.717, 1.165) is 16.7 Å². The molecule has 0 amide bonds. The van der Waals surface area contributed by atoms with Crippen molar-refractivity contribution in [1.29, 1.82) is 0 Å². The molecule has 8 nitrogen and oxygen atoms in total. The summed E-state index contributed by atoms with van der Waals surface area (Å²) < 4.78 is 69.7. The Morgan fingerprint density at radius 1 is 1.05 bits per heavy atom. The van der Waals surface area contributed by atoms with Crippen LogP contribution in [-0.4, -0.2) is 37.3 Å². The van der Waals surface area contributed by atoms with E-state index in [4.69, 9.17) is 5.73 Å². The minimum atomic E-state index is -4.82. The Kier molecular flexibility index (Phi) is 6.55. The molecule has 3 N–H and O–H groups in total. The van der Waals surface area contributed by atoms with E-state index in [0.29, 0.717) is 0 Å². The number of nitrogen functional groups attached to an aromatic ring is 1. The number of alkyl halides is 5.